The van der Waals surface area contributed by atoms with Gasteiger partial charge in [0.1, 0.15) is 11.5 Å². The molecule has 2 aromatic carbocycles. The lowest BCUT2D eigenvalue weighted by Gasteiger charge is -2.01. The summed E-state index contributed by atoms with van der Waals surface area (Å²) in [6.45, 7) is 0. The van der Waals surface area contributed by atoms with Gasteiger partial charge < -0.3 is 9.52 Å². The number of carboxylic acids is 1. The van der Waals surface area contributed by atoms with Crippen molar-refractivity contribution in [3.8, 4) is 22.6 Å². The number of carboxylic acid groups (broad SMARTS) is 1. The minimum absolute atomic E-state index is 0.0721. The minimum atomic E-state index is -0.920. The molecule has 23 heavy (non-hydrogen) atoms. The van der Waals surface area contributed by atoms with Gasteiger partial charge in [-0.3, -0.25) is 4.79 Å². The molecule has 1 heterocycles. The smallest absolute Gasteiger partial charge is 0.303 e. The molecule has 0 amide bonds. The molecule has 3 rings (SSSR count). The first-order valence-corrected chi connectivity index (χ1v) is 7.16. The van der Waals surface area contributed by atoms with Crippen molar-refractivity contribution in [3.05, 3.63) is 66.3 Å². The predicted molar refractivity (Wildman–Crippen MR) is 83.3 cm³/mol. The van der Waals surface area contributed by atoms with Crippen molar-refractivity contribution in [2.45, 2.75) is 12.8 Å². The van der Waals surface area contributed by atoms with Crippen LogP contribution in [0.25, 0.3) is 22.6 Å². The monoisotopic (exact) mass is 311 g/mol. The number of nitrogens with zero attached hydrogens (tertiary/aromatic N) is 1. The quantitative estimate of drug-likeness (QED) is 0.768. The highest BCUT2D eigenvalue weighted by Gasteiger charge is 2.17. The summed E-state index contributed by atoms with van der Waals surface area (Å²) in [5.41, 5.74) is 1.91. The number of halogens is 1. The molecule has 4 nitrogen and oxygen atoms in total. The van der Waals surface area contributed by atoms with E-state index < -0.39 is 5.97 Å². The highest BCUT2D eigenvalue weighted by molar-refractivity contribution is 5.77. The van der Waals surface area contributed by atoms with Crippen LogP contribution in [-0.4, -0.2) is 16.1 Å². The van der Waals surface area contributed by atoms with Crippen LogP contribution >= 0.6 is 0 Å². The molecule has 0 aliphatic rings. The second-order valence-corrected chi connectivity index (χ2v) is 5.06. The number of aliphatic carboxylic acids is 1. The summed E-state index contributed by atoms with van der Waals surface area (Å²) in [6.07, 6.45) is 0.113. The van der Waals surface area contributed by atoms with E-state index in [1.54, 1.807) is 12.1 Å². The molecule has 5 heteroatoms. The molecule has 0 saturated heterocycles. The summed E-state index contributed by atoms with van der Waals surface area (Å²) in [6, 6.07) is 15.4. The van der Waals surface area contributed by atoms with Crippen molar-refractivity contribution in [1.82, 2.24) is 4.98 Å². The first kappa shape index (κ1) is 15.0. The Kier molecular flexibility index (Phi) is 4.19. The topological polar surface area (TPSA) is 63.3 Å². The zero-order chi connectivity index (χ0) is 16.2. The molecule has 0 atom stereocenters. The highest BCUT2D eigenvalue weighted by atomic mass is 19.1. The van der Waals surface area contributed by atoms with Crippen LogP contribution in [-0.2, 0) is 11.2 Å². The summed E-state index contributed by atoms with van der Waals surface area (Å²) >= 11 is 0. The van der Waals surface area contributed by atoms with E-state index in [-0.39, 0.29) is 18.7 Å². The highest BCUT2D eigenvalue weighted by Crippen LogP contribution is 2.33. The molecular weight excluding hydrogens is 297 g/mol. The molecule has 0 bridgehead atoms. The first-order valence-electron chi connectivity index (χ1n) is 7.16. The average molecular weight is 311 g/mol. The Hall–Kier alpha value is -2.95. The van der Waals surface area contributed by atoms with Crippen molar-refractivity contribution in [3.63, 3.8) is 0 Å². The van der Waals surface area contributed by atoms with Crippen molar-refractivity contribution in [1.29, 1.82) is 0 Å². The molecule has 0 spiro atoms. The van der Waals surface area contributed by atoms with Gasteiger partial charge in [0.2, 0.25) is 0 Å². The summed E-state index contributed by atoms with van der Waals surface area (Å²) in [5.74, 6) is -0.449. The predicted octanol–water partition coefficient (Wildman–Crippen LogP) is 4.16. The number of hydrogen-bond donors (Lipinski definition) is 1. The van der Waals surface area contributed by atoms with Crippen LogP contribution in [0.3, 0.4) is 0 Å². The van der Waals surface area contributed by atoms with E-state index >= 15 is 0 Å². The van der Waals surface area contributed by atoms with Crippen LogP contribution in [0.2, 0.25) is 0 Å². The van der Waals surface area contributed by atoms with E-state index in [1.807, 2.05) is 30.3 Å². The molecule has 0 radical (unpaired) electrons. The van der Waals surface area contributed by atoms with Gasteiger partial charge in [0, 0.05) is 17.5 Å². The number of aryl methyl sites for hydroxylation is 1. The molecule has 0 aliphatic heterocycles. The number of aromatic nitrogens is 1. The van der Waals surface area contributed by atoms with Gasteiger partial charge in [0.25, 0.3) is 0 Å². The van der Waals surface area contributed by atoms with E-state index in [9.17, 15) is 9.18 Å². The van der Waals surface area contributed by atoms with Gasteiger partial charge in [0.05, 0.1) is 6.42 Å². The summed E-state index contributed by atoms with van der Waals surface area (Å²) in [5, 5.41) is 8.80. The Bertz CT molecular complexity index is 827. The van der Waals surface area contributed by atoms with Gasteiger partial charge in [0.15, 0.2) is 11.7 Å². The fourth-order valence-electron chi connectivity index (χ4n) is 2.30. The largest absolute Gasteiger partial charge is 0.481 e. The van der Waals surface area contributed by atoms with Gasteiger partial charge >= 0.3 is 5.97 Å². The SMILES string of the molecule is O=C(O)CCc1nc(-c2cccc(F)c2)c(-c2ccccc2)o1. The maximum absolute atomic E-state index is 13.5. The maximum Gasteiger partial charge on any atom is 0.303 e. The average Bonchev–Trinajstić information content (AvgIpc) is 2.98. The van der Waals surface area contributed by atoms with Gasteiger partial charge in [-0.1, -0.05) is 42.5 Å². The van der Waals surface area contributed by atoms with Crippen LogP contribution in [0.15, 0.2) is 59.0 Å². The normalized spacial score (nSPS) is 10.7. The summed E-state index contributed by atoms with van der Waals surface area (Å²) < 4.78 is 19.3. The zero-order valence-electron chi connectivity index (χ0n) is 12.2. The molecular formula is C18H14FNO3. The summed E-state index contributed by atoms with van der Waals surface area (Å²) in [4.78, 5) is 15.1. The molecule has 0 fully saturated rings. The van der Waals surface area contributed by atoms with Crippen LogP contribution < -0.4 is 0 Å². The van der Waals surface area contributed by atoms with Gasteiger partial charge in [-0.15, -0.1) is 0 Å². The fourth-order valence-corrected chi connectivity index (χ4v) is 2.30. The van der Waals surface area contributed by atoms with Crippen molar-refractivity contribution in [2.75, 3.05) is 0 Å². The fraction of sp³-hybridized carbons (Fsp3) is 0.111. The van der Waals surface area contributed by atoms with Crippen LogP contribution in [0.1, 0.15) is 12.3 Å². The number of oxazole rings is 1. The van der Waals surface area contributed by atoms with Gasteiger partial charge in [-0.2, -0.15) is 0 Å². The molecule has 116 valence electrons. The Labute approximate surface area is 132 Å². The van der Waals surface area contributed by atoms with Crippen molar-refractivity contribution in [2.24, 2.45) is 0 Å². The van der Waals surface area contributed by atoms with E-state index in [4.69, 9.17) is 9.52 Å². The Balaban J connectivity index is 2.07. The third-order valence-electron chi connectivity index (χ3n) is 3.36. The van der Waals surface area contributed by atoms with E-state index in [0.717, 1.165) is 5.56 Å². The standard InChI is InChI=1S/C18H14FNO3/c19-14-8-4-7-13(11-14)17-18(12-5-2-1-3-6-12)23-15(20-17)9-10-16(21)22/h1-8,11H,9-10H2,(H,21,22). The molecule has 0 saturated carbocycles. The zero-order valence-corrected chi connectivity index (χ0v) is 12.2. The van der Waals surface area contributed by atoms with E-state index in [0.29, 0.717) is 22.9 Å². The van der Waals surface area contributed by atoms with E-state index in [2.05, 4.69) is 4.98 Å². The molecule has 1 aromatic heterocycles. The summed E-state index contributed by atoms with van der Waals surface area (Å²) in [7, 11) is 0. The van der Waals surface area contributed by atoms with Gasteiger partial charge in [-0.25, -0.2) is 9.37 Å². The molecule has 0 unspecified atom stereocenters. The Morgan fingerprint density at radius 3 is 2.52 bits per heavy atom. The minimum Gasteiger partial charge on any atom is -0.481 e. The lowest BCUT2D eigenvalue weighted by atomic mass is 10.1. The number of rotatable bonds is 5. The Morgan fingerprint density at radius 1 is 1.09 bits per heavy atom. The third kappa shape index (κ3) is 3.45. The molecule has 3 aromatic rings. The van der Waals surface area contributed by atoms with Crippen LogP contribution in [0.4, 0.5) is 4.39 Å². The first-order chi connectivity index (χ1) is 11.1. The van der Waals surface area contributed by atoms with Crippen molar-refractivity contribution >= 4 is 5.97 Å². The maximum atomic E-state index is 13.5. The van der Waals surface area contributed by atoms with Crippen molar-refractivity contribution < 1.29 is 18.7 Å². The lowest BCUT2D eigenvalue weighted by Crippen LogP contribution is -1.97. The number of benzene rings is 2. The van der Waals surface area contributed by atoms with Crippen LogP contribution in [0, 0.1) is 5.82 Å². The third-order valence-corrected chi connectivity index (χ3v) is 3.36. The second kappa shape index (κ2) is 6.44. The van der Waals surface area contributed by atoms with Gasteiger partial charge in [-0.05, 0) is 12.1 Å². The Morgan fingerprint density at radius 2 is 1.83 bits per heavy atom. The number of hydrogen-bond acceptors (Lipinski definition) is 3. The lowest BCUT2D eigenvalue weighted by molar-refractivity contribution is -0.137. The van der Waals surface area contributed by atoms with Crippen LogP contribution in [0.5, 0.6) is 0 Å². The van der Waals surface area contributed by atoms with E-state index in [1.165, 1.54) is 12.1 Å². The molecule has 0 aliphatic carbocycles. The number of carbonyl (C=O) groups is 1. The second-order valence-electron chi connectivity index (χ2n) is 5.06. The molecule has 1 N–H and O–H groups in total.